The minimum Gasteiger partial charge on any atom is -1.00 e. The van der Waals surface area contributed by atoms with Crippen LogP contribution in [0.4, 0.5) is 13.2 Å². The van der Waals surface area contributed by atoms with Crippen LogP contribution in [0.5, 0.6) is 23.0 Å². The lowest BCUT2D eigenvalue weighted by molar-refractivity contribution is -0.686. The summed E-state index contributed by atoms with van der Waals surface area (Å²) in [6.45, 7) is 3.01. The Morgan fingerprint density at radius 2 is 1.61 bits per heavy atom. The molecule has 7 nitrogen and oxygen atoms in total. The zero-order valence-corrected chi connectivity index (χ0v) is 27.2. The van der Waals surface area contributed by atoms with Crippen LogP contribution in [0, 0.1) is 0 Å². The first-order valence-corrected chi connectivity index (χ1v) is 16.6. The quantitative estimate of drug-likeness (QED) is 0.129. The largest absolute Gasteiger partial charge is 1.00 e. The van der Waals surface area contributed by atoms with Gasteiger partial charge < -0.3 is 30.8 Å². The number of aromatic nitrogens is 1. The Balaban J connectivity index is 0.00000417. The number of halogens is 4. The Morgan fingerprint density at radius 3 is 2.30 bits per heavy atom. The van der Waals surface area contributed by atoms with Crippen molar-refractivity contribution in [3.63, 3.8) is 0 Å². The topological polar surface area (TPSA) is 74.9 Å². The number of methoxy groups -OCH3 is 1. The molecule has 3 aromatic carbocycles. The summed E-state index contributed by atoms with van der Waals surface area (Å²) < 4.78 is 91.0. The number of pyridine rings is 1. The molecule has 0 spiro atoms. The maximum Gasteiger partial charge on any atom is 0.416 e. The highest BCUT2D eigenvalue weighted by molar-refractivity contribution is 7.87. The van der Waals surface area contributed by atoms with E-state index >= 15 is 0 Å². The minimum absolute atomic E-state index is 0. The fourth-order valence-corrected chi connectivity index (χ4v) is 7.15. The third-order valence-corrected chi connectivity index (χ3v) is 9.72. The summed E-state index contributed by atoms with van der Waals surface area (Å²) in [5, 5.41) is 1.36. The normalized spacial score (nSPS) is 13.6. The summed E-state index contributed by atoms with van der Waals surface area (Å²) in [7, 11) is -3.09. The molecule has 0 fully saturated rings. The van der Waals surface area contributed by atoms with Crippen LogP contribution in [0.25, 0.3) is 22.0 Å². The molecule has 0 amide bonds. The SMILES string of the molecule is CCCCCCCCc1c2[n+](cc3c(OS(=O)(=O)c4ccc(C(F)(F)F)cc4)c(OC)ccc13)CCc1cc3c(cc1-2)OCO3.[Cl-]. The number of ether oxygens (including phenoxy) is 3. The molecule has 0 N–H and O–H groups in total. The number of hydrogen-bond acceptors (Lipinski definition) is 6. The van der Waals surface area contributed by atoms with Gasteiger partial charge in [0.1, 0.15) is 4.90 Å². The van der Waals surface area contributed by atoms with Crippen molar-refractivity contribution < 1.29 is 57.0 Å². The number of alkyl halides is 3. The second kappa shape index (κ2) is 13.6. The summed E-state index contributed by atoms with van der Waals surface area (Å²) in [5.41, 5.74) is 3.34. The van der Waals surface area contributed by atoms with Crippen LogP contribution in [0.2, 0.25) is 0 Å². The molecule has 246 valence electrons. The molecule has 0 bridgehead atoms. The van der Waals surface area contributed by atoms with Gasteiger partial charge in [0.15, 0.2) is 35.7 Å². The molecule has 0 aliphatic carbocycles. The van der Waals surface area contributed by atoms with Gasteiger partial charge in [0.25, 0.3) is 0 Å². The van der Waals surface area contributed by atoms with Gasteiger partial charge in [0.2, 0.25) is 12.5 Å². The van der Waals surface area contributed by atoms with Gasteiger partial charge in [0.05, 0.1) is 23.6 Å². The zero-order chi connectivity index (χ0) is 31.8. The summed E-state index contributed by atoms with van der Waals surface area (Å²) in [6, 6.07) is 10.9. The van der Waals surface area contributed by atoms with Crippen molar-refractivity contribution >= 4 is 20.9 Å². The van der Waals surface area contributed by atoms with E-state index in [1.165, 1.54) is 26.4 Å². The third-order valence-electron chi connectivity index (χ3n) is 8.48. The van der Waals surface area contributed by atoms with Crippen LogP contribution in [-0.2, 0) is 35.7 Å². The number of rotatable bonds is 11. The van der Waals surface area contributed by atoms with Crippen LogP contribution in [-0.4, -0.2) is 22.3 Å². The van der Waals surface area contributed by atoms with Crippen molar-refractivity contribution in [1.82, 2.24) is 0 Å². The van der Waals surface area contributed by atoms with Gasteiger partial charge in [-0.1, -0.05) is 39.0 Å². The molecular formula is C34H35ClF3NO6S. The number of aryl methyl sites for hydroxylation is 3. The Hall–Kier alpha value is -3.70. The summed E-state index contributed by atoms with van der Waals surface area (Å²) in [4.78, 5) is -0.391. The Morgan fingerprint density at radius 1 is 0.913 bits per heavy atom. The maximum atomic E-state index is 13.4. The number of hydrogen-bond donors (Lipinski definition) is 0. The second-order valence-electron chi connectivity index (χ2n) is 11.4. The summed E-state index contributed by atoms with van der Waals surface area (Å²) in [6.07, 6.45) is 5.46. The van der Waals surface area contributed by atoms with E-state index in [9.17, 15) is 21.6 Å². The van der Waals surface area contributed by atoms with Gasteiger partial charge in [-0.15, -0.1) is 0 Å². The van der Waals surface area contributed by atoms with E-state index in [2.05, 4.69) is 11.5 Å². The Labute approximate surface area is 272 Å². The average molecular weight is 678 g/mol. The van der Waals surface area contributed by atoms with Crippen LogP contribution < -0.4 is 35.4 Å². The molecule has 4 aromatic rings. The van der Waals surface area contributed by atoms with Gasteiger partial charge in [-0.05, 0) is 66.9 Å². The lowest BCUT2D eigenvalue weighted by Crippen LogP contribution is -3.00. The van der Waals surface area contributed by atoms with E-state index in [-0.39, 0.29) is 30.7 Å². The van der Waals surface area contributed by atoms with Gasteiger partial charge in [-0.2, -0.15) is 26.2 Å². The highest BCUT2D eigenvalue weighted by Crippen LogP contribution is 2.44. The molecule has 46 heavy (non-hydrogen) atoms. The summed E-state index contributed by atoms with van der Waals surface area (Å²) >= 11 is 0. The highest BCUT2D eigenvalue weighted by Gasteiger charge is 2.34. The van der Waals surface area contributed by atoms with Gasteiger partial charge >= 0.3 is 16.3 Å². The van der Waals surface area contributed by atoms with Crippen LogP contribution >= 0.6 is 0 Å². The molecule has 12 heteroatoms. The number of unbranched alkanes of at least 4 members (excludes halogenated alkanes) is 5. The average Bonchev–Trinajstić information content (AvgIpc) is 3.48. The van der Waals surface area contributed by atoms with E-state index in [0.717, 1.165) is 89.9 Å². The first kappa shape index (κ1) is 33.7. The minimum atomic E-state index is -4.59. The van der Waals surface area contributed by atoms with E-state index in [4.69, 9.17) is 18.4 Å². The summed E-state index contributed by atoms with van der Waals surface area (Å²) in [5.74, 6) is 1.61. The predicted octanol–water partition coefficient (Wildman–Crippen LogP) is 4.78. The molecule has 1 aromatic heterocycles. The van der Waals surface area contributed by atoms with Gasteiger partial charge in [-0.25, -0.2) is 0 Å². The molecule has 0 saturated heterocycles. The van der Waals surface area contributed by atoms with Crippen LogP contribution in [0.15, 0.2) is 59.6 Å². The van der Waals surface area contributed by atoms with E-state index in [0.29, 0.717) is 17.7 Å². The standard InChI is InChI=1S/C34H35F3NO6S.ClH/c1-3-4-5-6-7-8-9-26-25-14-15-29(41-2)33(44-45(39,40)24-12-10-23(11-13-24)34(35,36)37)28(25)20-38-17-16-22-18-30-31(43-21-42-30)19-27(22)32(26)38;/h10-15,18-20H,3-9,16-17,21H2,1-2H3;1H/q+1;/p-1. The van der Waals surface area contributed by atoms with Crippen molar-refractivity contribution in [3.05, 3.63) is 71.4 Å². The van der Waals surface area contributed by atoms with Crippen molar-refractivity contribution in [3.8, 4) is 34.3 Å². The van der Waals surface area contributed by atoms with Crippen molar-refractivity contribution in [2.24, 2.45) is 0 Å². The molecule has 3 heterocycles. The van der Waals surface area contributed by atoms with Gasteiger partial charge in [0, 0.05) is 17.4 Å². The molecule has 0 unspecified atom stereocenters. The van der Waals surface area contributed by atoms with Crippen LogP contribution in [0.3, 0.4) is 0 Å². The highest BCUT2D eigenvalue weighted by atomic mass is 35.5. The number of benzene rings is 3. The number of fused-ring (bicyclic) bond motifs is 5. The monoisotopic (exact) mass is 677 g/mol. The Bertz CT molecular complexity index is 1850. The fraction of sp³-hybridized carbons (Fsp3) is 0.382. The van der Waals surface area contributed by atoms with Crippen molar-refractivity contribution in [2.75, 3.05) is 13.9 Å². The number of nitrogens with zero attached hydrogens (tertiary/aromatic N) is 1. The first-order valence-electron chi connectivity index (χ1n) is 15.2. The lowest BCUT2D eigenvalue weighted by Gasteiger charge is -2.21. The molecule has 0 atom stereocenters. The first-order chi connectivity index (χ1) is 21.6. The predicted molar refractivity (Wildman–Crippen MR) is 162 cm³/mol. The van der Waals surface area contributed by atoms with E-state index in [1.54, 1.807) is 6.07 Å². The second-order valence-corrected chi connectivity index (χ2v) is 12.9. The maximum absolute atomic E-state index is 13.4. The molecule has 2 aliphatic rings. The lowest BCUT2D eigenvalue weighted by atomic mass is 9.89. The zero-order valence-electron chi connectivity index (χ0n) is 25.6. The molecule has 2 aliphatic heterocycles. The van der Waals surface area contributed by atoms with Crippen molar-refractivity contribution in [1.29, 1.82) is 0 Å². The molecular weight excluding hydrogens is 643 g/mol. The molecule has 0 radical (unpaired) electrons. The van der Waals surface area contributed by atoms with Gasteiger partial charge in [-0.3, -0.25) is 0 Å². The van der Waals surface area contributed by atoms with Crippen molar-refractivity contribution in [2.45, 2.75) is 75.9 Å². The fourth-order valence-electron chi connectivity index (χ4n) is 6.19. The van der Waals surface area contributed by atoms with E-state index in [1.807, 2.05) is 24.4 Å². The van der Waals surface area contributed by atoms with Crippen LogP contribution in [0.1, 0.15) is 62.1 Å². The smallest absolute Gasteiger partial charge is 0.416 e. The third kappa shape index (κ3) is 6.57. The Kier molecular flexibility index (Phi) is 9.93. The molecule has 0 saturated carbocycles. The van der Waals surface area contributed by atoms with E-state index < -0.39 is 26.8 Å². The molecule has 6 rings (SSSR count).